The van der Waals surface area contributed by atoms with Crippen molar-refractivity contribution in [3.8, 4) is 5.75 Å². The zero-order valence-corrected chi connectivity index (χ0v) is 12.8. The van der Waals surface area contributed by atoms with Crippen molar-refractivity contribution >= 4 is 17.5 Å². The van der Waals surface area contributed by atoms with Gasteiger partial charge < -0.3 is 15.0 Å². The maximum absolute atomic E-state index is 12.5. The number of nitrogens with one attached hydrogen (secondary N) is 1. The first-order valence-electron chi connectivity index (χ1n) is 7.64. The molecule has 1 aromatic carbocycles. The maximum Gasteiger partial charge on any atom is 0.225 e. The minimum Gasteiger partial charge on any atom is -0.488 e. The first kappa shape index (κ1) is 14.7. The number of carbonyl (C=O) groups is 1. The number of hydrogen-bond acceptors (Lipinski definition) is 3. The van der Waals surface area contributed by atoms with Crippen molar-refractivity contribution in [2.45, 2.75) is 25.4 Å². The first-order valence-corrected chi connectivity index (χ1v) is 8.02. The fourth-order valence-corrected chi connectivity index (χ4v) is 3.26. The molecule has 21 heavy (non-hydrogen) atoms. The molecule has 5 heteroatoms. The molecule has 0 spiro atoms. The van der Waals surface area contributed by atoms with E-state index in [0.717, 1.165) is 44.6 Å². The van der Waals surface area contributed by atoms with Crippen LogP contribution in [0.3, 0.4) is 0 Å². The van der Waals surface area contributed by atoms with Gasteiger partial charge in [0.05, 0.1) is 6.54 Å². The van der Waals surface area contributed by atoms with Gasteiger partial charge in [-0.05, 0) is 44.1 Å². The van der Waals surface area contributed by atoms with Gasteiger partial charge in [-0.1, -0.05) is 17.7 Å². The van der Waals surface area contributed by atoms with Crippen LogP contribution in [0.2, 0.25) is 5.02 Å². The van der Waals surface area contributed by atoms with Crippen LogP contribution in [0.5, 0.6) is 5.75 Å². The van der Waals surface area contributed by atoms with Gasteiger partial charge in [-0.2, -0.15) is 0 Å². The van der Waals surface area contributed by atoms with E-state index in [1.165, 1.54) is 0 Å². The van der Waals surface area contributed by atoms with Crippen molar-refractivity contribution in [3.05, 3.63) is 29.3 Å². The Bertz CT molecular complexity index is 503. The van der Waals surface area contributed by atoms with Gasteiger partial charge in [0, 0.05) is 23.9 Å². The van der Waals surface area contributed by atoms with Crippen molar-refractivity contribution in [3.63, 3.8) is 0 Å². The monoisotopic (exact) mass is 308 g/mol. The smallest absolute Gasteiger partial charge is 0.225 e. The maximum atomic E-state index is 12.5. The van der Waals surface area contributed by atoms with Crippen LogP contribution in [0.25, 0.3) is 0 Å². The number of amides is 1. The Morgan fingerprint density at radius 2 is 2.10 bits per heavy atom. The Labute approximate surface area is 130 Å². The molecule has 114 valence electrons. The zero-order valence-electron chi connectivity index (χ0n) is 12.1. The summed E-state index contributed by atoms with van der Waals surface area (Å²) in [5.74, 6) is 1.27. The average Bonchev–Trinajstić information content (AvgIpc) is 2.96. The summed E-state index contributed by atoms with van der Waals surface area (Å²) in [6.07, 6.45) is 2.88. The van der Waals surface area contributed by atoms with Crippen LogP contribution < -0.4 is 10.1 Å². The molecule has 4 nitrogen and oxygen atoms in total. The molecule has 2 heterocycles. The second kappa shape index (κ2) is 6.67. The molecule has 2 saturated heterocycles. The number of piperidine rings is 1. The van der Waals surface area contributed by atoms with E-state index in [1.807, 2.05) is 29.2 Å². The van der Waals surface area contributed by atoms with Crippen LogP contribution in [0.4, 0.5) is 0 Å². The summed E-state index contributed by atoms with van der Waals surface area (Å²) < 4.78 is 5.93. The van der Waals surface area contributed by atoms with E-state index in [0.29, 0.717) is 17.5 Å². The molecule has 2 fully saturated rings. The number of likely N-dealkylation sites (tertiary alicyclic amines) is 1. The number of ether oxygens (including phenoxy) is 1. The molecule has 1 unspecified atom stereocenters. The van der Waals surface area contributed by atoms with Gasteiger partial charge in [-0.25, -0.2) is 0 Å². The predicted molar refractivity (Wildman–Crippen MR) is 82.7 cm³/mol. The van der Waals surface area contributed by atoms with Gasteiger partial charge in [0.15, 0.2) is 0 Å². The second-order valence-electron chi connectivity index (χ2n) is 5.79. The minimum atomic E-state index is 0.0779. The molecule has 1 aromatic rings. The summed E-state index contributed by atoms with van der Waals surface area (Å²) in [5, 5.41) is 3.97. The molecule has 0 radical (unpaired) electrons. The van der Waals surface area contributed by atoms with Crippen molar-refractivity contribution in [2.24, 2.45) is 5.92 Å². The molecule has 1 atom stereocenters. The summed E-state index contributed by atoms with van der Waals surface area (Å²) in [6.45, 7) is 3.39. The van der Waals surface area contributed by atoms with E-state index in [-0.39, 0.29) is 12.0 Å². The summed E-state index contributed by atoms with van der Waals surface area (Å²) in [7, 11) is 0. The lowest BCUT2D eigenvalue weighted by Crippen LogP contribution is -2.40. The van der Waals surface area contributed by atoms with Crippen LogP contribution in [0.1, 0.15) is 19.3 Å². The highest BCUT2D eigenvalue weighted by atomic mass is 35.5. The van der Waals surface area contributed by atoms with Crippen LogP contribution >= 0.6 is 11.6 Å². The van der Waals surface area contributed by atoms with E-state index in [4.69, 9.17) is 16.3 Å². The van der Waals surface area contributed by atoms with E-state index in [2.05, 4.69) is 5.32 Å². The molecule has 0 bridgehead atoms. The van der Waals surface area contributed by atoms with Gasteiger partial charge in [0.25, 0.3) is 0 Å². The van der Waals surface area contributed by atoms with Crippen molar-refractivity contribution in [2.75, 3.05) is 26.2 Å². The first-order chi connectivity index (χ1) is 10.2. The van der Waals surface area contributed by atoms with E-state index in [1.54, 1.807) is 0 Å². The molecule has 0 aromatic heterocycles. The van der Waals surface area contributed by atoms with Crippen molar-refractivity contribution in [1.82, 2.24) is 10.2 Å². The Balaban J connectivity index is 1.54. The molecule has 1 N–H and O–H groups in total. The number of nitrogens with zero attached hydrogens (tertiary/aromatic N) is 1. The number of carbonyl (C=O) groups excluding carboxylic acids is 1. The quantitative estimate of drug-likeness (QED) is 0.932. The number of rotatable bonds is 3. The van der Waals surface area contributed by atoms with Gasteiger partial charge in [0.1, 0.15) is 11.9 Å². The number of hydrogen-bond donors (Lipinski definition) is 1. The molecule has 1 amide bonds. The van der Waals surface area contributed by atoms with Gasteiger partial charge >= 0.3 is 0 Å². The summed E-state index contributed by atoms with van der Waals surface area (Å²) in [4.78, 5) is 14.4. The highest BCUT2D eigenvalue weighted by Crippen LogP contribution is 2.24. The molecule has 2 aliphatic heterocycles. The molecule has 2 aliphatic rings. The van der Waals surface area contributed by atoms with Gasteiger partial charge in [-0.15, -0.1) is 0 Å². The third-order valence-electron chi connectivity index (χ3n) is 4.24. The lowest BCUT2D eigenvalue weighted by Gasteiger charge is -2.26. The van der Waals surface area contributed by atoms with Crippen LogP contribution in [0.15, 0.2) is 24.3 Å². The number of halogens is 1. The fourth-order valence-electron chi connectivity index (χ4n) is 3.08. The molecule has 0 aliphatic carbocycles. The SMILES string of the molecule is O=C(C1CCNCC1)N1CCC(Oc2cccc(Cl)c2)C1. The molecular weight excluding hydrogens is 288 g/mol. The Hall–Kier alpha value is -1.26. The van der Waals surface area contributed by atoms with Crippen molar-refractivity contribution < 1.29 is 9.53 Å². The Morgan fingerprint density at radius 1 is 1.29 bits per heavy atom. The molecule has 0 saturated carbocycles. The third kappa shape index (κ3) is 3.69. The zero-order chi connectivity index (χ0) is 14.7. The van der Waals surface area contributed by atoms with Crippen LogP contribution in [-0.2, 0) is 4.79 Å². The lowest BCUT2D eigenvalue weighted by atomic mass is 9.97. The number of benzene rings is 1. The summed E-state index contributed by atoms with van der Waals surface area (Å²) in [5.41, 5.74) is 0. The average molecular weight is 309 g/mol. The predicted octanol–water partition coefficient (Wildman–Crippen LogP) is 2.32. The summed E-state index contributed by atoms with van der Waals surface area (Å²) >= 11 is 5.96. The largest absolute Gasteiger partial charge is 0.488 e. The Morgan fingerprint density at radius 3 is 2.86 bits per heavy atom. The highest BCUT2D eigenvalue weighted by molar-refractivity contribution is 6.30. The fraction of sp³-hybridized carbons (Fsp3) is 0.562. The van der Waals surface area contributed by atoms with E-state index < -0.39 is 0 Å². The molecule has 3 rings (SSSR count). The van der Waals surface area contributed by atoms with Gasteiger partial charge in [-0.3, -0.25) is 4.79 Å². The van der Waals surface area contributed by atoms with E-state index in [9.17, 15) is 4.79 Å². The van der Waals surface area contributed by atoms with E-state index >= 15 is 0 Å². The minimum absolute atomic E-state index is 0.0779. The van der Waals surface area contributed by atoms with Crippen LogP contribution in [-0.4, -0.2) is 43.1 Å². The summed E-state index contributed by atoms with van der Waals surface area (Å²) in [6, 6.07) is 7.43. The molecular formula is C16H21ClN2O2. The third-order valence-corrected chi connectivity index (χ3v) is 4.48. The van der Waals surface area contributed by atoms with Crippen LogP contribution in [0, 0.1) is 5.92 Å². The lowest BCUT2D eigenvalue weighted by molar-refractivity contribution is -0.135. The standard InChI is InChI=1S/C16H21ClN2O2/c17-13-2-1-3-14(10-13)21-15-6-9-19(11-15)16(20)12-4-7-18-8-5-12/h1-3,10,12,15,18H,4-9,11H2. The highest BCUT2D eigenvalue weighted by Gasteiger charge is 2.32. The Kier molecular flexibility index (Phi) is 4.66. The topological polar surface area (TPSA) is 41.6 Å². The normalized spacial score (nSPS) is 23.3. The van der Waals surface area contributed by atoms with Gasteiger partial charge in [0.2, 0.25) is 5.91 Å². The van der Waals surface area contributed by atoms with Crippen molar-refractivity contribution in [1.29, 1.82) is 0 Å². The second-order valence-corrected chi connectivity index (χ2v) is 6.23.